The molecule has 0 aliphatic carbocycles. The molecule has 5 aromatic rings. The summed E-state index contributed by atoms with van der Waals surface area (Å²) in [6, 6.07) is 33.9. The van der Waals surface area contributed by atoms with Crippen molar-refractivity contribution in [1.29, 1.82) is 0 Å². The highest BCUT2D eigenvalue weighted by molar-refractivity contribution is 5.95. The molecule has 0 radical (unpaired) electrons. The number of fused-ring (bicyclic) bond motifs is 5. The average molecular weight is 386 g/mol. The van der Waals surface area contributed by atoms with Crippen LogP contribution in [0.1, 0.15) is 22.6 Å². The second-order valence-corrected chi connectivity index (χ2v) is 7.61. The Hall–Kier alpha value is -3.98. The van der Waals surface area contributed by atoms with Crippen LogP contribution in [0.25, 0.3) is 33.9 Å². The maximum Gasteiger partial charge on any atom is 0.261 e. The van der Waals surface area contributed by atoms with Gasteiger partial charge in [-0.3, -0.25) is 0 Å². The van der Waals surface area contributed by atoms with Crippen molar-refractivity contribution in [1.82, 2.24) is 9.78 Å². The van der Waals surface area contributed by atoms with Gasteiger partial charge in [-0.15, -0.1) is 4.57 Å². The highest BCUT2D eigenvalue weighted by atomic mass is 15.3. The summed E-state index contributed by atoms with van der Waals surface area (Å²) in [6.07, 6.45) is 2.27. The van der Waals surface area contributed by atoms with Crippen molar-refractivity contribution >= 4 is 22.6 Å². The summed E-state index contributed by atoms with van der Waals surface area (Å²) in [5, 5.41) is 6.18. The molecule has 1 aliphatic heterocycles. The number of hydrogen-bond donors (Lipinski definition) is 0. The Morgan fingerprint density at radius 3 is 2.27 bits per heavy atom. The maximum absolute atomic E-state index is 4.96. The van der Waals surface area contributed by atoms with Gasteiger partial charge in [0.05, 0.1) is 11.3 Å². The third-order valence-corrected chi connectivity index (χ3v) is 5.73. The molecule has 0 fully saturated rings. The molecule has 0 unspecified atom stereocenters. The van der Waals surface area contributed by atoms with E-state index in [4.69, 9.17) is 5.10 Å². The van der Waals surface area contributed by atoms with Gasteiger partial charge in [-0.1, -0.05) is 60.7 Å². The normalized spacial score (nSPS) is 13.6. The lowest BCUT2D eigenvalue weighted by Crippen LogP contribution is -2.33. The number of hydrogen-bond acceptors (Lipinski definition) is 1. The Labute approximate surface area is 175 Å². The van der Waals surface area contributed by atoms with Crippen molar-refractivity contribution in [3.05, 3.63) is 120 Å². The Balaban J connectivity index is 1.73. The summed E-state index contributed by atoms with van der Waals surface area (Å²) in [5.74, 6) is 0. The third-order valence-electron chi connectivity index (χ3n) is 5.73. The average Bonchev–Trinajstić information content (AvgIpc) is 3.31. The Morgan fingerprint density at radius 2 is 1.47 bits per heavy atom. The number of pyridine rings is 1. The fourth-order valence-electron chi connectivity index (χ4n) is 4.42. The summed E-state index contributed by atoms with van der Waals surface area (Å²) in [7, 11) is 0. The third kappa shape index (κ3) is 2.45. The van der Waals surface area contributed by atoms with Crippen LogP contribution in [0.5, 0.6) is 0 Å². The summed E-state index contributed by atoms with van der Waals surface area (Å²) in [4.78, 5) is 0. The molecule has 3 heteroatoms. The molecule has 0 saturated heterocycles. The van der Waals surface area contributed by atoms with Gasteiger partial charge in [-0.25, -0.2) is 4.68 Å². The standard InChI is InChI=1S/C27H20N3/c1-19-26-27(30(28-19)22-13-6-3-7-14-22)23(18-20-10-4-2-5-11-20)25-17-16-21-12-8-9-15-24(21)29(25)26/h2-18H,1H3/q+1. The lowest BCUT2D eigenvalue weighted by molar-refractivity contribution is -0.566. The molecular formula is C27H20N3+. The molecule has 2 aromatic heterocycles. The van der Waals surface area contributed by atoms with Crippen LogP contribution in [-0.2, 0) is 0 Å². The predicted molar refractivity (Wildman–Crippen MR) is 121 cm³/mol. The lowest BCUT2D eigenvalue weighted by Gasteiger charge is -2.06. The number of aromatic nitrogens is 3. The minimum Gasteiger partial charge on any atom is -0.226 e. The van der Waals surface area contributed by atoms with E-state index >= 15 is 0 Å². The zero-order chi connectivity index (χ0) is 20.1. The molecule has 0 N–H and O–H groups in total. The van der Waals surface area contributed by atoms with Crippen LogP contribution in [0, 0.1) is 6.92 Å². The molecule has 1 aliphatic rings. The van der Waals surface area contributed by atoms with Crippen molar-refractivity contribution < 1.29 is 4.57 Å². The quantitative estimate of drug-likeness (QED) is 0.360. The van der Waals surface area contributed by atoms with Crippen LogP contribution in [0.15, 0.2) is 97.1 Å². The zero-order valence-corrected chi connectivity index (χ0v) is 16.7. The van der Waals surface area contributed by atoms with Crippen molar-refractivity contribution in [3.63, 3.8) is 0 Å². The maximum atomic E-state index is 4.96. The van der Waals surface area contributed by atoms with Crippen LogP contribution in [0.2, 0.25) is 0 Å². The Kier molecular flexibility index (Phi) is 3.68. The van der Waals surface area contributed by atoms with Crippen molar-refractivity contribution in [2.45, 2.75) is 6.92 Å². The molecule has 0 amide bonds. The second-order valence-electron chi connectivity index (χ2n) is 7.61. The molecule has 3 aromatic carbocycles. The van der Waals surface area contributed by atoms with E-state index in [1.807, 2.05) is 6.07 Å². The largest absolute Gasteiger partial charge is 0.261 e. The van der Waals surface area contributed by atoms with Gasteiger partial charge in [0, 0.05) is 17.5 Å². The van der Waals surface area contributed by atoms with E-state index in [1.54, 1.807) is 0 Å². The molecule has 3 nitrogen and oxygen atoms in total. The van der Waals surface area contributed by atoms with Gasteiger partial charge in [0.25, 0.3) is 5.69 Å². The van der Waals surface area contributed by atoms with Crippen molar-refractivity contribution in [3.8, 4) is 11.4 Å². The highest BCUT2D eigenvalue weighted by Gasteiger charge is 2.40. The first-order valence-corrected chi connectivity index (χ1v) is 10.2. The number of para-hydroxylation sites is 2. The smallest absolute Gasteiger partial charge is 0.226 e. The molecule has 30 heavy (non-hydrogen) atoms. The SMILES string of the molecule is Cc1nn(-c2ccccc2)c2c1-[n+]1c(ccc3ccccc31)C2=Cc1ccccc1. The molecule has 0 bridgehead atoms. The van der Waals surface area contributed by atoms with Crippen LogP contribution < -0.4 is 4.57 Å². The topological polar surface area (TPSA) is 21.7 Å². The Morgan fingerprint density at radius 1 is 0.767 bits per heavy atom. The van der Waals surface area contributed by atoms with E-state index < -0.39 is 0 Å². The Bertz CT molecular complexity index is 1430. The van der Waals surface area contributed by atoms with E-state index in [0.717, 1.165) is 22.8 Å². The van der Waals surface area contributed by atoms with Crippen LogP contribution in [0.4, 0.5) is 0 Å². The molecule has 6 rings (SSSR count). The lowest BCUT2D eigenvalue weighted by atomic mass is 10.1. The fraction of sp³-hybridized carbons (Fsp3) is 0.0370. The van der Waals surface area contributed by atoms with Gasteiger partial charge in [0.2, 0.25) is 11.2 Å². The van der Waals surface area contributed by atoms with E-state index in [0.29, 0.717) is 0 Å². The van der Waals surface area contributed by atoms with Gasteiger partial charge >= 0.3 is 0 Å². The van der Waals surface area contributed by atoms with Crippen LogP contribution in [0.3, 0.4) is 0 Å². The first kappa shape index (κ1) is 16.9. The molecular weight excluding hydrogens is 366 g/mol. The zero-order valence-electron chi connectivity index (χ0n) is 16.7. The number of aryl methyl sites for hydroxylation is 1. The van der Waals surface area contributed by atoms with Gasteiger partial charge < -0.3 is 0 Å². The highest BCUT2D eigenvalue weighted by Crippen LogP contribution is 2.37. The van der Waals surface area contributed by atoms with E-state index in [9.17, 15) is 0 Å². The van der Waals surface area contributed by atoms with Crippen LogP contribution >= 0.6 is 0 Å². The van der Waals surface area contributed by atoms with Gasteiger partial charge in [-0.05, 0) is 42.8 Å². The molecule has 0 atom stereocenters. The predicted octanol–water partition coefficient (Wildman–Crippen LogP) is 5.51. The molecule has 0 saturated carbocycles. The number of benzene rings is 3. The number of nitrogens with zero attached hydrogens (tertiary/aromatic N) is 3. The van der Waals surface area contributed by atoms with Crippen molar-refractivity contribution in [2.24, 2.45) is 0 Å². The van der Waals surface area contributed by atoms with E-state index in [1.165, 1.54) is 27.7 Å². The van der Waals surface area contributed by atoms with Gasteiger partial charge in [0.15, 0.2) is 5.69 Å². The van der Waals surface area contributed by atoms with Crippen molar-refractivity contribution in [2.75, 3.05) is 0 Å². The van der Waals surface area contributed by atoms with E-state index in [2.05, 4.69) is 113 Å². The van der Waals surface area contributed by atoms with Gasteiger partial charge in [-0.2, -0.15) is 5.10 Å². The fourth-order valence-corrected chi connectivity index (χ4v) is 4.42. The molecule has 3 heterocycles. The summed E-state index contributed by atoms with van der Waals surface area (Å²) < 4.78 is 4.45. The monoisotopic (exact) mass is 386 g/mol. The number of rotatable bonds is 2. The summed E-state index contributed by atoms with van der Waals surface area (Å²) in [6.45, 7) is 2.10. The molecule has 142 valence electrons. The minimum absolute atomic E-state index is 1.02. The van der Waals surface area contributed by atoms with E-state index in [-0.39, 0.29) is 0 Å². The summed E-state index contributed by atoms with van der Waals surface area (Å²) >= 11 is 0. The van der Waals surface area contributed by atoms with Crippen LogP contribution in [-0.4, -0.2) is 9.78 Å². The summed E-state index contributed by atoms with van der Waals surface area (Å²) in [5.41, 5.74) is 9.14. The molecule has 0 spiro atoms. The van der Waals surface area contributed by atoms with Gasteiger partial charge in [0.1, 0.15) is 5.69 Å². The first-order chi connectivity index (χ1) is 14.8. The first-order valence-electron chi connectivity index (χ1n) is 10.2. The second kappa shape index (κ2) is 6.53. The minimum atomic E-state index is 1.02.